The average molecular weight is 465 g/mol. The first kappa shape index (κ1) is 21.8. The lowest BCUT2D eigenvalue weighted by molar-refractivity contribution is 0.103. The number of carbonyl (C=O) groups is 2. The summed E-state index contributed by atoms with van der Waals surface area (Å²) in [5.41, 5.74) is 1.64. The molecule has 0 heterocycles. The van der Waals surface area contributed by atoms with Crippen LogP contribution in [0.3, 0.4) is 0 Å². The fourth-order valence-electron chi connectivity index (χ4n) is 3.08. The van der Waals surface area contributed by atoms with Crippen molar-refractivity contribution >= 4 is 34.8 Å². The van der Waals surface area contributed by atoms with E-state index < -0.39 is 5.82 Å². The van der Waals surface area contributed by atoms with Gasteiger partial charge in [-0.05, 0) is 91.0 Å². The second kappa shape index (κ2) is 9.35. The normalized spacial score (nSPS) is 10.6. The van der Waals surface area contributed by atoms with Gasteiger partial charge in [-0.25, -0.2) is 4.39 Å². The van der Waals surface area contributed by atoms with E-state index in [-0.39, 0.29) is 11.6 Å². The maximum Gasteiger partial charge on any atom is 0.194 e. The second-order valence-electron chi connectivity index (χ2n) is 6.94. The van der Waals surface area contributed by atoms with Gasteiger partial charge in [-0.3, -0.25) is 9.59 Å². The summed E-state index contributed by atoms with van der Waals surface area (Å²) < 4.78 is 18.8. The van der Waals surface area contributed by atoms with Crippen LogP contribution < -0.4 is 4.74 Å². The average Bonchev–Trinajstić information content (AvgIpc) is 2.81. The maximum absolute atomic E-state index is 13.0. The Morgan fingerprint density at radius 2 is 1.09 bits per heavy atom. The van der Waals surface area contributed by atoms with Crippen LogP contribution in [0.1, 0.15) is 31.8 Å². The molecular formula is C26H15Cl2FO3. The molecule has 0 bridgehead atoms. The molecule has 6 heteroatoms. The second-order valence-corrected chi connectivity index (χ2v) is 7.78. The number of carbonyl (C=O) groups excluding carboxylic acids is 2. The van der Waals surface area contributed by atoms with Crippen molar-refractivity contribution in [2.75, 3.05) is 0 Å². The molecule has 0 aliphatic heterocycles. The van der Waals surface area contributed by atoms with Crippen LogP contribution >= 0.6 is 23.2 Å². The van der Waals surface area contributed by atoms with E-state index in [0.717, 1.165) is 0 Å². The van der Waals surface area contributed by atoms with Gasteiger partial charge >= 0.3 is 0 Å². The van der Waals surface area contributed by atoms with Gasteiger partial charge < -0.3 is 4.74 Å². The zero-order valence-corrected chi connectivity index (χ0v) is 18.0. The van der Waals surface area contributed by atoms with Gasteiger partial charge in [0.25, 0.3) is 0 Å². The molecule has 0 spiro atoms. The van der Waals surface area contributed by atoms with Crippen molar-refractivity contribution in [3.63, 3.8) is 0 Å². The van der Waals surface area contributed by atoms with Crippen LogP contribution in [0.15, 0.2) is 91.0 Å². The predicted octanol–water partition coefficient (Wildman–Crippen LogP) is 7.39. The molecule has 0 aromatic heterocycles. The Bertz CT molecular complexity index is 1280. The van der Waals surface area contributed by atoms with Crippen LogP contribution in [-0.4, -0.2) is 11.6 Å². The lowest BCUT2D eigenvalue weighted by Crippen LogP contribution is -2.02. The van der Waals surface area contributed by atoms with E-state index in [0.29, 0.717) is 43.8 Å². The van der Waals surface area contributed by atoms with Crippen molar-refractivity contribution in [1.29, 1.82) is 0 Å². The molecule has 0 N–H and O–H groups in total. The summed E-state index contributed by atoms with van der Waals surface area (Å²) in [7, 11) is 0. The number of hydrogen-bond acceptors (Lipinski definition) is 3. The highest BCUT2D eigenvalue weighted by atomic mass is 35.5. The zero-order valence-electron chi connectivity index (χ0n) is 16.5. The minimum Gasteiger partial charge on any atom is -0.457 e. The molecule has 4 aromatic rings. The Morgan fingerprint density at radius 1 is 0.625 bits per heavy atom. The molecule has 3 nitrogen and oxygen atoms in total. The molecule has 0 aliphatic rings. The largest absolute Gasteiger partial charge is 0.457 e. The summed E-state index contributed by atoms with van der Waals surface area (Å²) in [5, 5.41) is 0.758. The van der Waals surface area contributed by atoms with Crippen LogP contribution in [-0.2, 0) is 0 Å². The molecule has 32 heavy (non-hydrogen) atoms. The third kappa shape index (κ3) is 4.88. The first-order chi connectivity index (χ1) is 15.4. The SMILES string of the molecule is O=C(c1ccc(F)cc1)c1ccc(Oc2ccc(C(=O)c3cc(Cl)ccc3Cl)cc2)cc1. The maximum atomic E-state index is 13.0. The Labute approximate surface area is 194 Å². The van der Waals surface area contributed by atoms with E-state index in [1.807, 2.05) is 0 Å². The van der Waals surface area contributed by atoms with Crippen LogP contribution in [0.2, 0.25) is 10.0 Å². The number of ether oxygens (including phenoxy) is 1. The molecule has 4 aromatic carbocycles. The van der Waals surface area contributed by atoms with Crippen LogP contribution in [0, 0.1) is 5.82 Å². The highest BCUT2D eigenvalue weighted by Gasteiger charge is 2.14. The van der Waals surface area contributed by atoms with Gasteiger partial charge in [0, 0.05) is 27.3 Å². The molecule has 0 fully saturated rings. The van der Waals surface area contributed by atoms with Crippen molar-refractivity contribution in [3.05, 3.63) is 129 Å². The zero-order chi connectivity index (χ0) is 22.7. The number of rotatable bonds is 6. The smallest absolute Gasteiger partial charge is 0.194 e. The molecule has 0 atom stereocenters. The molecule has 0 aliphatic carbocycles. The molecule has 0 unspecified atom stereocenters. The van der Waals surface area contributed by atoms with Crippen molar-refractivity contribution < 1.29 is 18.7 Å². The van der Waals surface area contributed by atoms with Crippen molar-refractivity contribution in [1.82, 2.24) is 0 Å². The quantitative estimate of drug-likeness (QED) is 0.279. The number of benzene rings is 4. The summed E-state index contributed by atoms with van der Waals surface area (Å²) in [5.74, 6) is 0.203. The summed E-state index contributed by atoms with van der Waals surface area (Å²) >= 11 is 12.1. The monoisotopic (exact) mass is 464 g/mol. The molecule has 0 saturated heterocycles. The molecule has 158 valence electrons. The van der Waals surface area contributed by atoms with Crippen molar-refractivity contribution in [2.45, 2.75) is 0 Å². The third-order valence-corrected chi connectivity index (χ3v) is 5.31. The summed E-state index contributed by atoms with van der Waals surface area (Å²) in [6, 6.07) is 23.4. The standard InChI is InChI=1S/C26H15Cl2FO3/c27-19-7-14-24(28)23(15-19)26(31)18-5-12-22(13-6-18)32-21-10-3-17(4-11-21)25(30)16-1-8-20(29)9-2-16/h1-15H. The Morgan fingerprint density at radius 3 is 1.62 bits per heavy atom. The van der Waals surface area contributed by atoms with Crippen molar-refractivity contribution in [2.24, 2.45) is 0 Å². The third-order valence-electron chi connectivity index (χ3n) is 4.75. The Hall–Kier alpha value is -3.47. The first-order valence-corrected chi connectivity index (χ1v) is 10.3. The molecule has 0 radical (unpaired) electrons. The van der Waals surface area contributed by atoms with Gasteiger partial charge in [0.2, 0.25) is 0 Å². The fraction of sp³-hybridized carbons (Fsp3) is 0. The van der Waals surface area contributed by atoms with Crippen LogP contribution in [0.4, 0.5) is 4.39 Å². The molecular weight excluding hydrogens is 450 g/mol. The van der Waals surface area contributed by atoms with Crippen molar-refractivity contribution in [3.8, 4) is 11.5 Å². The number of halogens is 3. The van der Waals surface area contributed by atoms with Crippen LogP contribution in [0.25, 0.3) is 0 Å². The van der Waals surface area contributed by atoms with Gasteiger partial charge in [0.1, 0.15) is 17.3 Å². The molecule has 0 amide bonds. The summed E-state index contributed by atoms with van der Waals surface area (Å²) in [6.45, 7) is 0. The highest BCUT2D eigenvalue weighted by Crippen LogP contribution is 2.26. The van der Waals surface area contributed by atoms with E-state index in [1.54, 1.807) is 60.7 Å². The molecule has 4 rings (SSSR count). The lowest BCUT2D eigenvalue weighted by Gasteiger charge is -2.08. The predicted molar refractivity (Wildman–Crippen MR) is 123 cm³/mol. The van der Waals surface area contributed by atoms with E-state index in [4.69, 9.17) is 27.9 Å². The summed E-state index contributed by atoms with van der Waals surface area (Å²) in [6.07, 6.45) is 0. The fourth-order valence-corrected chi connectivity index (χ4v) is 3.46. The Kier molecular flexibility index (Phi) is 6.35. The summed E-state index contributed by atoms with van der Waals surface area (Å²) in [4.78, 5) is 25.2. The minimum atomic E-state index is -0.395. The van der Waals surface area contributed by atoms with E-state index in [9.17, 15) is 14.0 Å². The topological polar surface area (TPSA) is 43.4 Å². The van der Waals surface area contributed by atoms with E-state index in [2.05, 4.69) is 0 Å². The minimum absolute atomic E-state index is 0.209. The number of hydrogen-bond donors (Lipinski definition) is 0. The van der Waals surface area contributed by atoms with Gasteiger partial charge in [0.15, 0.2) is 11.6 Å². The van der Waals surface area contributed by atoms with Gasteiger partial charge in [-0.15, -0.1) is 0 Å². The highest BCUT2D eigenvalue weighted by molar-refractivity contribution is 6.36. The van der Waals surface area contributed by atoms with E-state index >= 15 is 0 Å². The lowest BCUT2D eigenvalue weighted by atomic mass is 10.0. The first-order valence-electron chi connectivity index (χ1n) is 9.59. The van der Waals surface area contributed by atoms with Crippen LogP contribution in [0.5, 0.6) is 11.5 Å². The molecule has 0 saturated carbocycles. The van der Waals surface area contributed by atoms with Gasteiger partial charge in [0.05, 0.1) is 5.02 Å². The van der Waals surface area contributed by atoms with Gasteiger partial charge in [-0.1, -0.05) is 23.2 Å². The number of ketones is 2. The van der Waals surface area contributed by atoms with Gasteiger partial charge in [-0.2, -0.15) is 0 Å². The van der Waals surface area contributed by atoms with E-state index in [1.165, 1.54) is 30.3 Å². The Balaban J connectivity index is 1.45.